The number of carbonyl (C=O) groups excluding carboxylic acids is 3. The van der Waals surface area contributed by atoms with E-state index in [2.05, 4.69) is 10.3 Å². The Hall–Kier alpha value is -3.76. The number of hydrogen-bond donors (Lipinski definition) is 2. The van der Waals surface area contributed by atoms with E-state index in [0.717, 1.165) is 24.6 Å². The summed E-state index contributed by atoms with van der Waals surface area (Å²) in [5, 5.41) is 14.7. The zero-order valence-electron chi connectivity index (χ0n) is 20.7. The molecule has 2 N–H and O–H groups in total. The van der Waals surface area contributed by atoms with Gasteiger partial charge in [-0.25, -0.2) is 13.1 Å². The molecule has 0 fully saturated rings. The van der Waals surface area contributed by atoms with E-state index in [9.17, 15) is 27.9 Å². The van der Waals surface area contributed by atoms with Crippen molar-refractivity contribution >= 4 is 39.4 Å². The van der Waals surface area contributed by atoms with E-state index in [0.29, 0.717) is 36.4 Å². The zero-order valence-corrected chi connectivity index (χ0v) is 22.3. The van der Waals surface area contributed by atoms with Crippen LogP contribution in [0.2, 0.25) is 5.02 Å². The van der Waals surface area contributed by atoms with E-state index in [-0.39, 0.29) is 21.7 Å². The van der Waals surface area contributed by atoms with Gasteiger partial charge in [0.05, 0.1) is 22.1 Å². The van der Waals surface area contributed by atoms with Crippen LogP contribution in [0.15, 0.2) is 65.7 Å². The van der Waals surface area contributed by atoms with Crippen LogP contribution < -0.4 is 15.1 Å². The van der Waals surface area contributed by atoms with Gasteiger partial charge >= 0.3 is 0 Å². The summed E-state index contributed by atoms with van der Waals surface area (Å²) in [6, 6.07) is 13.8. The average molecular weight is 557 g/mol. The number of aromatic carboxylic acids is 1. The SMILES string of the molecule is CCCCCc1cc(C(=O)NS(=O)(=O)c2cccc(C(=O)NCCc3ccc(Cl)cc3)c2)cnc1C(=O)[O-]. The van der Waals surface area contributed by atoms with Gasteiger partial charge in [-0.2, -0.15) is 0 Å². The first-order valence-electron chi connectivity index (χ1n) is 12.0. The summed E-state index contributed by atoms with van der Waals surface area (Å²) in [6.45, 7) is 2.32. The number of aromatic nitrogens is 1. The number of halogens is 1. The Bertz CT molecular complexity index is 1420. The van der Waals surface area contributed by atoms with Crippen molar-refractivity contribution in [2.45, 2.75) is 43.9 Å². The molecule has 1 aromatic heterocycles. The van der Waals surface area contributed by atoms with Gasteiger partial charge in [-0.1, -0.05) is 49.6 Å². The van der Waals surface area contributed by atoms with E-state index in [1.54, 1.807) is 12.1 Å². The molecule has 0 atom stereocenters. The Labute approximate surface area is 226 Å². The molecule has 0 aliphatic heterocycles. The van der Waals surface area contributed by atoms with Crippen LogP contribution in [-0.4, -0.2) is 37.7 Å². The number of hydrogen-bond acceptors (Lipinski definition) is 7. The summed E-state index contributed by atoms with van der Waals surface area (Å²) >= 11 is 5.87. The van der Waals surface area contributed by atoms with Crippen molar-refractivity contribution in [2.24, 2.45) is 0 Å². The third-order valence-electron chi connectivity index (χ3n) is 5.72. The van der Waals surface area contributed by atoms with Crippen molar-refractivity contribution in [1.82, 2.24) is 15.0 Å². The summed E-state index contributed by atoms with van der Waals surface area (Å²) in [7, 11) is -4.34. The third kappa shape index (κ3) is 7.87. The Morgan fingerprint density at radius 1 is 0.947 bits per heavy atom. The standard InChI is InChI=1S/C27H28ClN3O6S/c1-2-3-4-6-19-15-21(17-30-24(19)27(34)35)26(33)31-38(36,37)23-8-5-7-20(16-23)25(32)29-14-13-18-9-11-22(28)12-10-18/h5,7-12,15-17H,2-4,6,13-14H2,1H3,(H,29,32)(H,31,33)(H,34,35)/p-1. The largest absolute Gasteiger partial charge is 0.543 e. The topological polar surface area (TPSA) is 145 Å². The average Bonchev–Trinajstić information content (AvgIpc) is 2.89. The number of carboxylic acids is 1. The molecule has 0 spiro atoms. The van der Waals surface area contributed by atoms with Gasteiger partial charge in [-0.3, -0.25) is 14.6 Å². The number of amides is 2. The maximum absolute atomic E-state index is 12.9. The highest BCUT2D eigenvalue weighted by Gasteiger charge is 2.21. The van der Waals surface area contributed by atoms with E-state index >= 15 is 0 Å². The molecular weight excluding hydrogens is 530 g/mol. The van der Waals surface area contributed by atoms with Gasteiger partial charge in [0.15, 0.2) is 0 Å². The lowest BCUT2D eigenvalue weighted by molar-refractivity contribution is -0.255. The van der Waals surface area contributed by atoms with Gasteiger partial charge < -0.3 is 15.2 Å². The molecule has 2 aromatic carbocycles. The molecule has 0 aliphatic rings. The van der Waals surface area contributed by atoms with Gasteiger partial charge in [0.2, 0.25) is 0 Å². The van der Waals surface area contributed by atoms with E-state index < -0.39 is 27.8 Å². The minimum Gasteiger partial charge on any atom is -0.543 e. The summed E-state index contributed by atoms with van der Waals surface area (Å²) in [4.78, 5) is 40.2. The minimum absolute atomic E-state index is 0.106. The fraction of sp³-hybridized carbons (Fsp3) is 0.259. The second-order valence-corrected chi connectivity index (χ2v) is 10.7. The molecule has 0 bridgehead atoms. The molecule has 0 unspecified atom stereocenters. The number of nitrogens with one attached hydrogen (secondary N) is 2. The molecule has 38 heavy (non-hydrogen) atoms. The van der Waals surface area contributed by atoms with Crippen LogP contribution in [0.25, 0.3) is 0 Å². The van der Waals surface area contributed by atoms with Crippen LogP contribution in [-0.2, 0) is 22.9 Å². The summed E-state index contributed by atoms with van der Waals surface area (Å²) in [5.41, 5.74) is 0.983. The fourth-order valence-electron chi connectivity index (χ4n) is 3.69. The summed E-state index contributed by atoms with van der Waals surface area (Å²) in [6.07, 6.45) is 4.34. The molecule has 0 aliphatic carbocycles. The van der Waals surface area contributed by atoms with Gasteiger partial charge in [-0.05, 0) is 66.8 Å². The Morgan fingerprint density at radius 2 is 1.68 bits per heavy atom. The van der Waals surface area contributed by atoms with Crippen LogP contribution >= 0.6 is 11.6 Å². The van der Waals surface area contributed by atoms with Crippen LogP contribution in [0, 0.1) is 0 Å². The smallest absolute Gasteiger partial charge is 0.266 e. The van der Waals surface area contributed by atoms with Crippen molar-refractivity contribution in [1.29, 1.82) is 0 Å². The third-order valence-corrected chi connectivity index (χ3v) is 7.30. The molecule has 200 valence electrons. The van der Waals surface area contributed by atoms with Gasteiger partial charge in [0.1, 0.15) is 0 Å². The monoisotopic (exact) mass is 556 g/mol. The number of carboxylic acid groups (broad SMARTS) is 1. The number of carbonyl (C=O) groups is 3. The zero-order chi connectivity index (χ0) is 27.7. The predicted octanol–water partition coefficient (Wildman–Crippen LogP) is 2.92. The van der Waals surface area contributed by atoms with Crippen molar-refractivity contribution < 1.29 is 27.9 Å². The Morgan fingerprint density at radius 3 is 2.37 bits per heavy atom. The number of nitrogens with zero attached hydrogens (tertiary/aromatic N) is 1. The first-order valence-corrected chi connectivity index (χ1v) is 13.9. The van der Waals surface area contributed by atoms with Gasteiger partial charge in [0.25, 0.3) is 21.8 Å². The van der Waals surface area contributed by atoms with Crippen molar-refractivity contribution in [2.75, 3.05) is 6.54 Å². The number of rotatable bonds is 12. The second-order valence-electron chi connectivity index (χ2n) is 8.57. The van der Waals surface area contributed by atoms with Crippen LogP contribution in [0.4, 0.5) is 0 Å². The van der Waals surface area contributed by atoms with E-state index in [4.69, 9.17) is 11.6 Å². The van der Waals surface area contributed by atoms with Crippen LogP contribution in [0.5, 0.6) is 0 Å². The lowest BCUT2D eigenvalue weighted by Gasteiger charge is -2.12. The number of benzene rings is 2. The number of sulfonamides is 1. The first-order chi connectivity index (χ1) is 18.1. The lowest BCUT2D eigenvalue weighted by Crippen LogP contribution is -2.32. The molecule has 3 aromatic rings. The van der Waals surface area contributed by atoms with Crippen molar-refractivity contribution in [3.63, 3.8) is 0 Å². The summed E-state index contributed by atoms with van der Waals surface area (Å²) in [5.74, 6) is -2.92. The molecule has 2 amide bonds. The molecule has 3 rings (SSSR count). The number of aryl methyl sites for hydroxylation is 1. The molecule has 0 radical (unpaired) electrons. The Balaban J connectivity index is 1.69. The van der Waals surface area contributed by atoms with Gasteiger partial charge in [-0.15, -0.1) is 0 Å². The highest BCUT2D eigenvalue weighted by molar-refractivity contribution is 7.90. The first kappa shape index (κ1) is 28.8. The minimum atomic E-state index is -4.34. The lowest BCUT2D eigenvalue weighted by atomic mass is 10.0. The van der Waals surface area contributed by atoms with E-state index in [1.165, 1.54) is 30.3 Å². The molecule has 9 nitrogen and oxygen atoms in total. The quantitative estimate of drug-likeness (QED) is 0.326. The molecule has 0 saturated carbocycles. The highest BCUT2D eigenvalue weighted by Crippen LogP contribution is 2.16. The predicted molar refractivity (Wildman–Crippen MR) is 140 cm³/mol. The molecule has 11 heteroatoms. The van der Waals surface area contributed by atoms with Crippen LogP contribution in [0.3, 0.4) is 0 Å². The van der Waals surface area contributed by atoms with Crippen molar-refractivity contribution in [3.05, 3.63) is 93.8 Å². The number of unbranched alkanes of at least 4 members (excludes halogenated alkanes) is 2. The van der Waals surface area contributed by atoms with E-state index in [1.807, 2.05) is 23.8 Å². The van der Waals surface area contributed by atoms with Crippen molar-refractivity contribution in [3.8, 4) is 0 Å². The maximum Gasteiger partial charge on any atom is 0.266 e. The highest BCUT2D eigenvalue weighted by atomic mass is 35.5. The summed E-state index contributed by atoms with van der Waals surface area (Å²) < 4.78 is 27.7. The maximum atomic E-state index is 12.9. The van der Waals surface area contributed by atoms with Crippen LogP contribution in [0.1, 0.15) is 68.5 Å². The molecular formula is C27H27ClN3O6S-. The molecule has 1 heterocycles. The van der Waals surface area contributed by atoms with Gasteiger partial charge in [0, 0.05) is 23.3 Å². The normalized spacial score (nSPS) is 11.1. The Kier molecular flexibility index (Phi) is 9.98. The number of pyridine rings is 1. The molecule has 0 saturated heterocycles. The fourth-order valence-corrected chi connectivity index (χ4v) is 4.84. The second kappa shape index (κ2) is 13.2.